The van der Waals surface area contributed by atoms with Gasteiger partial charge in [0.15, 0.2) is 0 Å². The predicted molar refractivity (Wildman–Crippen MR) is 45.1 cm³/mol. The van der Waals surface area contributed by atoms with Crippen LogP contribution in [0.5, 0.6) is 0 Å². The van der Waals surface area contributed by atoms with Crippen molar-refractivity contribution < 1.29 is 4.79 Å². The molecule has 3 nitrogen and oxygen atoms in total. The van der Waals surface area contributed by atoms with Crippen molar-refractivity contribution in [2.45, 2.75) is 0 Å². The fourth-order valence-corrected chi connectivity index (χ4v) is 1.07. The molecule has 0 saturated carbocycles. The Bertz CT molecular complexity index is 330. The third-order valence-electron chi connectivity index (χ3n) is 1.64. The van der Waals surface area contributed by atoms with Crippen LogP contribution in [0.15, 0.2) is 36.5 Å². The molecule has 1 radical (unpaired) electrons. The summed E-state index contributed by atoms with van der Waals surface area (Å²) in [6.45, 7) is 0. The molecule has 1 aromatic carbocycles. The zero-order chi connectivity index (χ0) is 8.39. The topological polar surface area (TPSA) is 43.2 Å². The standard InChI is InChI=1S/C9H7N2O/c12-9-10-6-8(11-9)7-4-2-1-3-5-7/h1-6H,(H,11,12). The van der Waals surface area contributed by atoms with E-state index in [4.69, 9.17) is 0 Å². The smallest absolute Gasteiger partial charge is 0.304 e. The molecule has 1 heterocycles. The number of nitrogens with zero attached hydrogens (tertiary/aromatic N) is 1. The number of hydrogen-bond acceptors (Lipinski definition) is 1. The quantitative estimate of drug-likeness (QED) is 0.659. The summed E-state index contributed by atoms with van der Waals surface area (Å²) in [5.41, 5.74) is 1.74. The van der Waals surface area contributed by atoms with Gasteiger partial charge in [0.25, 0.3) is 0 Å². The van der Waals surface area contributed by atoms with Crippen LogP contribution in [-0.2, 0) is 0 Å². The van der Waals surface area contributed by atoms with Crippen molar-refractivity contribution in [3.8, 4) is 0 Å². The Morgan fingerprint density at radius 2 is 1.92 bits per heavy atom. The first-order valence-corrected chi connectivity index (χ1v) is 3.64. The molecule has 1 aliphatic rings. The fourth-order valence-electron chi connectivity index (χ4n) is 1.07. The lowest BCUT2D eigenvalue weighted by molar-refractivity contribution is 0.249. The van der Waals surface area contributed by atoms with Crippen molar-refractivity contribution in [1.82, 2.24) is 10.6 Å². The summed E-state index contributed by atoms with van der Waals surface area (Å²) in [6.07, 6.45) is 1.54. The fraction of sp³-hybridized carbons (Fsp3) is 0. The Kier molecular flexibility index (Phi) is 1.55. The van der Waals surface area contributed by atoms with Gasteiger partial charge in [-0.15, -0.1) is 0 Å². The second kappa shape index (κ2) is 2.70. The minimum Gasteiger partial charge on any atom is -0.304 e. The summed E-state index contributed by atoms with van der Waals surface area (Å²) >= 11 is 0. The van der Waals surface area contributed by atoms with Crippen LogP contribution < -0.4 is 10.6 Å². The molecule has 0 aromatic heterocycles. The molecule has 0 aliphatic carbocycles. The Labute approximate surface area is 70.1 Å². The van der Waals surface area contributed by atoms with Crippen molar-refractivity contribution in [2.75, 3.05) is 0 Å². The summed E-state index contributed by atoms with van der Waals surface area (Å²) in [5, 5.41) is 6.21. The molecule has 3 heteroatoms. The number of carbonyl (C=O) groups excluding carboxylic acids is 1. The van der Waals surface area contributed by atoms with E-state index in [1.165, 1.54) is 6.20 Å². The highest BCUT2D eigenvalue weighted by molar-refractivity contribution is 5.91. The van der Waals surface area contributed by atoms with Gasteiger partial charge in [0.1, 0.15) is 0 Å². The predicted octanol–water partition coefficient (Wildman–Crippen LogP) is 1.31. The van der Waals surface area contributed by atoms with E-state index in [-0.39, 0.29) is 6.03 Å². The van der Waals surface area contributed by atoms with E-state index >= 15 is 0 Å². The monoisotopic (exact) mass is 159 g/mol. The van der Waals surface area contributed by atoms with Crippen molar-refractivity contribution in [3.05, 3.63) is 42.1 Å². The zero-order valence-electron chi connectivity index (χ0n) is 6.32. The van der Waals surface area contributed by atoms with E-state index in [0.29, 0.717) is 0 Å². The Morgan fingerprint density at radius 3 is 2.50 bits per heavy atom. The normalized spacial score (nSPS) is 15.0. The van der Waals surface area contributed by atoms with Gasteiger partial charge in [0, 0.05) is 0 Å². The van der Waals surface area contributed by atoms with Gasteiger partial charge >= 0.3 is 6.03 Å². The van der Waals surface area contributed by atoms with Crippen LogP contribution in [0.3, 0.4) is 0 Å². The molecule has 2 rings (SSSR count). The third kappa shape index (κ3) is 1.16. The third-order valence-corrected chi connectivity index (χ3v) is 1.64. The first-order chi connectivity index (χ1) is 5.86. The number of benzene rings is 1. The van der Waals surface area contributed by atoms with Gasteiger partial charge in [-0.3, -0.25) is 0 Å². The van der Waals surface area contributed by atoms with E-state index in [0.717, 1.165) is 11.3 Å². The SMILES string of the molecule is O=C1[N]C=C(c2ccccc2)N1. The molecule has 0 saturated heterocycles. The molecule has 59 valence electrons. The lowest BCUT2D eigenvalue weighted by Gasteiger charge is -1.99. The molecule has 0 fully saturated rings. The molecule has 1 N–H and O–H groups in total. The summed E-state index contributed by atoms with van der Waals surface area (Å²) < 4.78 is 0. The molecule has 1 aliphatic heterocycles. The first kappa shape index (κ1) is 6.91. The summed E-state index contributed by atoms with van der Waals surface area (Å²) in [5.74, 6) is 0. The maximum atomic E-state index is 10.7. The van der Waals surface area contributed by atoms with Crippen molar-refractivity contribution in [2.24, 2.45) is 0 Å². The van der Waals surface area contributed by atoms with Gasteiger partial charge in [0.05, 0.1) is 11.9 Å². The molecule has 0 spiro atoms. The minimum absolute atomic E-state index is 0.297. The first-order valence-electron chi connectivity index (χ1n) is 3.64. The maximum absolute atomic E-state index is 10.7. The van der Waals surface area contributed by atoms with Crippen LogP contribution in [0.4, 0.5) is 4.79 Å². The lowest BCUT2D eigenvalue weighted by atomic mass is 10.2. The molecule has 1 aromatic rings. The van der Waals surface area contributed by atoms with Crippen LogP contribution in [0, 0.1) is 0 Å². The number of nitrogens with one attached hydrogen (secondary N) is 1. The highest BCUT2D eigenvalue weighted by Gasteiger charge is 2.12. The number of carbonyl (C=O) groups is 1. The van der Waals surface area contributed by atoms with E-state index in [2.05, 4.69) is 10.6 Å². The van der Waals surface area contributed by atoms with Crippen molar-refractivity contribution in [1.29, 1.82) is 0 Å². The van der Waals surface area contributed by atoms with Gasteiger partial charge in [-0.2, -0.15) is 5.32 Å². The second-order valence-electron chi connectivity index (χ2n) is 2.47. The van der Waals surface area contributed by atoms with Crippen LogP contribution >= 0.6 is 0 Å². The van der Waals surface area contributed by atoms with Gasteiger partial charge in [-0.25, -0.2) is 4.79 Å². The molecule has 2 amide bonds. The highest BCUT2D eigenvalue weighted by atomic mass is 16.2. The zero-order valence-corrected chi connectivity index (χ0v) is 6.32. The lowest BCUT2D eigenvalue weighted by Crippen LogP contribution is -2.17. The van der Waals surface area contributed by atoms with Crippen LogP contribution in [-0.4, -0.2) is 6.03 Å². The van der Waals surface area contributed by atoms with E-state index in [1.54, 1.807) is 0 Å². The van der Waals surface area contributed by atoms with Crippen LogP contribution in [0.2, 0.25) is 0 Å². The number of rotatable bonds is 1. The van der Waals surface area contributed by atoms with E-state index < -0.39 is 0 Å². The second-order valence-corrected chi connectivity index (χ2v) is 2.47. The molecule has 0 bridgehead atoms. The molecular weight excluding hydrogens is 152 g/mol. The number of urea groups is 1. The summed E-state index contributed by atoms with van der Waals surface area (Å²) in [6, 6.07) is 9.31. The van der Waals surface area contributed by atoms with Gasteiger partial charge in [-0.1, -0.05) is 30.3 Å². The van der Waals surface area contributed by atoms with Crippen LogP contribution in [0.25, 0.3) is 5.70 Å². The largest absolute Gasteiger partial charge is 0.345 e. The summed E-state index contributed by atoms with van der Waals surface area (Å²) in [4.78, 5) is 10.7. The van der Waals surface area contributed by atoms with Crippen molar-refractivity contribution >= 4 is 11.7 Å². The Hall–Kier alpha value is -1.77. The maximum Gasteiger partial charge on any atom is 0.345 e. The van der Waals surface area contributed by atoms with Gasteiger partial charge < -0.3 is 5.32 Å². The minimum atomic E-state index is -0.297. The average molecular weight is 159 g/mol. The molecule has 12 heavy (non-hydrogen) atoms. The molecule has 0 unspecified atom stereocenters. The molecule has 0 atom stereocenters. The van der Waals surface area contributed by atoms with E-state index in [1.807, 2.05) is 30.3 Å². The van der Waals surface area contributed by atoms with Crippen LogP contribution in [0.1, 0.15) is 5.56 Å². The molecular formula is C9H7N2O. The van der Waals surface area contributed by atoms with Gasteiger partial charge in [0.2, 0.25) is 0 Å². The van der Waals surface area contributed by atoms with E-state index in [9.17, 15) is 4.79 Å². The summed E-state index contributed by atoms with van der Waals surface area (Å²) in [7, 11) is 0. The Morgan fingerprint density at radius 1 is 1.17 bits per heavy atom. The average Bonchev–Trinajstić information content (AvgIpc) is 2.54. The van der Waals surface area contributed by atoms with Crippen molar-refractivity contribution in [3.63, 3.8) is 0 Å². The van der Waals surface area contributed by atoms with Gasteiger partial charge in [-0.05, 0) is 5.56 Å². The Balaban J connectivity index is 2.28. The highest BCUT2D eigenvalue weighted by Crippen LogP contribution is 2.12. The number of amides is 2. The number of hydrogen-bond donors (Lipinski definition) is 1.